The minimum atomic E-state index is -1.17. The third-order valence-corrected chi connectivity index (χ3v) is 6.76. The maximum absolute atomic E-state index is 13.1. The van der Waals surface area contributed by atoms with Gasteiger partial charge in [0, 0.05) is 37.3 Å². The average molecular weight is 632 g/mol. The Bertz CT molecular complexity index is 968. The first-order valence-corrected chi connectivity index (χ1v) is 13.4. The van der Waals surface area contributed by atoms with Crippen LogP contribution in [0.5, 0.6) is 11.5 Å². The number of halogens is 1. The summed E-state index contributed by atoms with van der Waals surface area (Å²) >= 11 is 2.01. The number of carbonyl (C=O) groups excluding carboxylic acids is 3. The Labute approximate surface area is 231 Å². The molecule has 0 bridgehead atoms. The number of aldehydes is 1. The predicted molar refractivity (Wildman–Crippen MR) is 146 cm³/mol. The zero-order valence-electron chi connectivity index (χ0n) is 21.7. The van der Waals surface area contributed by atoms with E-state index in [1.165, 1.54) is 19.3 Å². The average Bonchev–Trinajstić information content (AvgIpc) is 2.88. The van der Waals surface area contributed by atoms with Crippen LogP contribution in [0, 0.1) is 9.49 Å². The van der Waals surface area contributed by atoms with E-state index in [9.17, 15) is 19.5 Å². The molecule has 2 rings (SSSR count). The summed E-state index contributed by atoms with van der Waals surface area (Å²) in [6.07, 6.45) is 0.858. The van der Waals surface area contributed by atoms with E-state index in [1.807, 2.05) is 36.4 Å². The zero-order valence-corrected chi connectivity index (χ0v) is 23.9. The van der Waals surface area contributed by atoms with Gasteiger partial charge in [-0.05, 0) is 60.1 Å². The molecule has 37 heavy (non-hydrogen) atoms. The molecule has 0 saturated carbocycles. The molecule has 2 amide bonds. The highest BCUT2D eigenvalue weighted by molar-refractivity contribution is 14.1. The molecule has 3 unspecified atom stereocenters. The quantitative estimate of drug-likeness (QED) is 0.209. The predicted octanol–water partition coefficient (Wildman–Crippen LogP) is 1.94. The van der Waals surface area contributed by atoms with Gasteiger partial charge in [0.05, 0.1) is 23.3 Å². The molecule has 0 spiro atoms. The van der Waals surface area contributed by atoms with Crippen LogP contribution >= 0.6 is 22.6 Å². The van der Waals surface area contributed by atoms with Crippen molar-refractivity contribution < 1.29 is 38.8 Å². The van der Waals surface area contributed by atoms with Crippen molar-refractivity contribution in [3.8, 4) is 11.5 Å². The smallest absolute Gasteiger partial charge is 0.248 e. The first-order valence-electron chi connectivity index (χ1n) is 12.3. The first-order chi connectivity index (χ1) is 17.7. The van der Waals surface area contributed by atoms with Gasteiger partial charge in [0.25, 0.3) is 0 Å². The summed E-state index contributed by atoms with van der Waals surface area (Å²) in [6, 6.07) is 2.39. The Hall–Kier alpha value is -2.22. The van der Waals surface area contributed by atoms with Crippen LogP contribution in [0.2, 0.25) is 0 Å². The minimum Gasteiger partial charge on any atom is -0.493 e. The van der Waals surface area contributed by atoms with E-state index >= 15 is 0 Å². The van der Waals surface area contributed by atoms with Gasteiger partial charge in [0.1, 0.15) is 25.1 Å². The lowest BCUT2D eigenvalue weighted by Gasteiger charge is -2.41. The van der Waals surface area contributed by atoms with Gasteiger partial charge in [-0.1, -0.05) is 13.8 Å². The molecule has 1 aliphatic rings. The molecule has 0 aromatic heterocycles. The second-order valence-corrected chi connectivity index (χ2v) is 10.2. The number of rotatable bonds is 14. The number of aliphatic hydroxyl groups is 2. The summed E-state index contributed by atoms with van der Waals surface area (Å²) in [6.45, 7) is 6.31. The maximum Gasteiger partial charge on any atom is 0.248 e. The van der Waals surface area contributed by atoms with E-state index in [0.29, 0.717) is 58.0 Å². The fourth-order valence-corrected chi connectivity index (χ4v) is 4.74. The number of nitrogens with one attached hydrogen (secondary N) is 1. The second kappa shape index (κ2) is 15.3. The van der Waals surface area contributed by atoms with Crippen LogP contribution in [0.25, 0.3) is 0 Å². The van der Waals surface area contributed by atoms with Gasteiger partial charge in [-0.25, -0.2) is 0 Å². The summed E-state index contributed by atoms with van der Waals surface area (Å²) in [7, 11) is 1.44. The van der Waals surface area contributed by atoms with Crippen LogP contribution < -0.4 is 14.8 Å². The van der Waals surface area contributed by atoms with Crippen molar-refractivity contribution >= 4 is 40.7 Å². The van der Waals surface area contributed by atoms with Gasteiger partial charge < -0.3 is 34.6 Å². The molecular weight excluding hydrogens is 595 g/mol. The molecule has 11 heteroatoms. The van der Waals surface area contributed by atoms with E-state index in [-0.39, 0.29) is 32.1 Å². The molecule has 3 N–H and O–H groups in total. The summed E-state index contributed by atoms with van der Waals surface area (Å²) < 4.78 is 17.5. The normalized spacial score (nSPS) is 19.2. The Morgan fingerprint density at radius 2 is 2.05 bits per heavy atom. The molecular formula is C26H37IN2O8. The molecule has 3 atom stereocenters. The molecule has 1 aromatic carbocycles. The summed E-state index contributed by atoms with van der Waals surface area (Å²) in [5.41, 5.74) is 0.725. The molecule has 0 fully saturated rings. The van der Waals surface area contributed by atoms with E-state index in [4.69, 9.17) is 19.3 Å². The number of ether oxygens (including phenoxy) is 3. The number of aliphatic hydroxyl groups excluding tert-OH is 2. The minimum absolute atomic E-state index is 0.0636. The summed E-state index contributed by atoms with van der Waals surface area (Å²) in [5.74, 6) is 0.204. The van der Waals surface area contributed by atoms with Gasteiger partial charge in [0.2, 0.25) is 11.8 Å². The fourth-order valence-electron chi connectivity index (χ4n) is 3.98. The molecule has 0 radical (unpaired) electrons. The van der Waals surface area contributed by atoms with Gasteiger partial charge >= 0.3 is 0 Å². The molecule has 10 nitrogen and oxygen atoms in total. The van der Waals surface area contributed by atoms with Crippen LogP contribution in [0.15, 0.2) is 23.8 Å². The fraction of sp³-hybridized carbons (Fsp3) is 0.577. The van der Waals surface area contributed by atoms with Crippen LogP contribution in [0.1, 0.15) is 44.0 Å². The molecule has 0 aliphatic heterocycles. The molecule has 0 saturated heterocycles. The van der Waals surface area contributed by atoms with Crippen molar-refractivity contribution in [2.75, 3.05) is 40.0 Å². The Morgan fingerprint density at radius 3 is 2.65 bits per heavy atom. The van der Waals surface area contributed by atoms with E-state index in [1.54, 1.807) is 17.9 Å². The van der Waals surface area contributed by atoms with Crippen molar-refractivity contribution in [1.82, 2.24) is 10.2 Å². The number of nitrogens with zero attached hydrogens (tertiary/aromatic N) is 1. The van der Waals surface area contributed by atoms with Crippen LogP contribution in [0.4, 0.5) is 0 Å². The topological polar surface area (TPSA) is 135 Å². The highest BCUT2D eigenvalue weighted by Gasteiger charge is 2.40. The number of benzene rings is 1. The third kappa shape index (κ3) is 8.66. The zero-order chi connectivity index (χ0) is 27.5. The number of amides is 2. The molecule has 1 aliphatic carbocycles. The van der Waals surface area contributed by atoms with Gasteiger partial charge in [-0.2, -0.15) is 0 Å². The lowest BCUT2D eigenvalue weighted by Crippen LogP contribution is -2.56. The lowest BCUT2D eigenvalue weighted by atomic mass is 9.87. The highest BCUT2D eigenvalue weighted by Crippen LogP contribution is 2.37. The van der Waals surface area contributed by atoms with Gasteiger partial charge in [-0.3, -0.25) is 14.4 Å². The van der Waals surface area contributed by atoms with Crippen molar-refractivity contribution in [1.29, 1.82) is 0 Å². The standard InChI is InChI=1S/C26H37IN2O8/c1-5-36-15-23(32)29(8-6-16(2)3)20-12-18(26(34)28-7-9-30)13-21(24(20)33)37-25-19(27)10-17(14-31)11-22(25)35-4/h10-11,13-14,16,20-21,24,30,33H,5-9,12,15H2,1-4H3,(H,28,34). The summed E-state index contributed by atoms with van der Waals surface area (Å²) in [5, 5.41) is 23.2. The number of carbonyl (C=O) groups is 3. The highest BCUT2D eigenvalue weighted by atomic mass is 127. The molecule has 0 heterocycles. The maximum atomic E-state index is 13.1. The monoisotopic (exact) mass is 632 g/mol. The van der Waals surface area contributed by atoms with Gasteiger partial charge in [-0.15, -0.1) is 0 Å². The summed E-state index contributed by atoms with van der Waals surface area (Å²) in [4.78, 5) is 38.9. The van der Waals surface area contributed by atoms with Crippen molar-refractivity contribution in [2.24, 2.45) is 5.92 Å². The number of methoxy groups -OCH3 is 1. The first kappa shape index (κ1) is 31.0. The van der Waals surface area contributed by atoms with Crippen molar-refractivity contribution in [2.45, 2.75) is 51.9 Å². The van der Waals surface area contributed by atoms with E-state index in [0.717, 1.165) is 0 Å². The Kier molecular flexibility index (Phi) is 12.8. The van der Waals surface area contributed by atoms with Gasteiger partial charge in [0.15, 0.2) is 11.5 Å². The number of hydrogen-bond donors (Lipinski definition) is 3. The van der Waals surface area contributed by atoms with Crippen molar-refractivity contribution in [3.63, 3.8) is 0 Å². The third-order valence-electron chi connectivity index (χ3n) is 5.95. The lowest BCUT2D eigenvalue weighted by molar-refractivity contribution is -0.143. The Morgan fingerprint density at radius 1 is 1.32 bits per heavy atom. The molecule has 206 valence electrons. The van der Waals surface area contributed by atoms with Crippen LogP contribution in [-0.2, 0) is 14.3 Å². The van der Waals surface area contributed by atoms with E-state index in [2.05, 4.69) is 5.32 Å². The second-order valence-electron chi connectivity index (χ2n) is 9.07. The van der Waals surface area contributed by atoms with Crippen LogP contribution in [-0.4, -0.2) is 91.5 Å². The molecule has 1 aromatic rings. The van der Waals surface area contributed by atoms with E-state index < -0.39 is 24.2 Å². The van der Waals surface area contributed by atoms with Crippen LogP contribution in [0.3, 0.4) is 0 Å². The number of hydrogen-bond acceptors (Lipinski definition) is 8. The van der Waals surface area contributed by atoms with Crippen molar-refractivity contribution in [3.05, 3.63) is 32.9 Å². The SMILES string of the molecule is CCOCC(=O)N(CCC(C)C)C1CC(C(=O)NCCO)=CC(Oc2c(I)cc(C=O)cc2OC)C1O. The largest absolute Gasteiger partial charge is 0.493 e. The Balaban J connectivity index is 2.49.